The highest BCUT2D eigenvalue weighted by atomic mass is 16.5. The van der Waals surface area contributed by atoms with Crippen molar-refractivity contribution in [2.45, 2.75) is 52.0 Å². The molecule has 4 heteroatoms. The third-order valence-corrected chi connectivity index (χ3v) is 4.48. The number of hydrogen-bond donors (Lipinski definition) is 1. The SMILES string of the molecule is CCCCCCOc1ccccc1CN1CCCC(C(=O)O)C1. The lowest BCUT2D eigenvalue weighted by molar-refractivity contribution is -0.143. The number of unbranched alkanes of at least 4 members (excludes halogenated alkanes) is 3. The number of para-hydroxylation sites is 1. The van der Waals surface area contributed by atoms with E-state index in [2.05, 4.69) is 17.9 Å². The average molecular weight is 319 g/mol. The zero-order chi connectivity index (χ0) is 16.5. The fourth-order valence-corrected chi connectivity index (χ4v) is 3.13. The molecule has 0 aromatic heterocycles. The Balaban J connectivity index is 1.88. The van der Waals surface area contributed by atoms with Gasteiger partial charge in [-0.25, -0.2) is 0 Å². The number of likely N-dealkylation sites (tertiary alicyclic amines) is 1. The van der Waals surface area contributed by atoms with Crippen LogP contribution in [-0.2, 0) is 11.3 Å². The molecule has 23 heavy (non-hydrogen) atoms. The Kier molecular flexibility index (Phi) is 7.40. The van der Waals surface area contributed by atoms with Crippen molar-refractivity contribution in [2.75, 3.05) is 19.7 Å². The molecule has 1 aromatic rings. The number of carbonyl (C=O) groups is 1. The van der Waals surface area contributed by atoms with Crippen LogP contribution in [0.1, 0.15) is 51.0 Å². The molecule has 2 rings (SSSR count). The van der Waals surface area contributed by atoms with E-state index < -0.39 is 5.97 Å². The van der Waals surface area contributed by atoms with E-state index in [9.17, 15) is 9.90 Å². The molecule has 0 spiro atoms. The van der Waals surface area contributed by atoms with Crippen LogP contribution < -0.4 is 4.74 Å². The van der Waals surface area contributed by atoms with Gasteiger partial charge in [-0.3, -0.25) is 9.69 Å². The molecule has 1 atom stereocenters. The summed E-state index contributed by atoms with van der Waals surface area (Å²) in [4.78, 5) is 13.4. The molecular weight excluding hydrogens is 290 g/mol. The number of carboxylic acids is 1. The molecule has 4 nitrogen and oxygen atoms in total. The van der Waals surface area contributed by atoms with Gasteiger partial charge in [0.1, 0.15) is 5.75 Å². The second-order valence-electron chi connectivity index (χ2n) is 6.43. The van der Waals surface area contributed by atoms with Crippen LogP contribution in [-0.4, -0.2) is 35.7 Å². The quantitative estimate of drug-likeness (QED) is 0.700. The Morgan fingerprint density at radius 1 is 1.30 bits per heavy atom. The molecular formula is C19H29NO3. The monoisotopic (exact) mass is 319 g/mol. The number of ether oxygens (including phenoxy) is 1. The lowest BCUT2D eigenvalue weighted by Gasteiger charge is -2.31. The van der Waals surface area contributed by atoms with Gasteiger partial charge in [0.05, 0.1) is 12.5 Å². The highest BCUT2D eigenvalue weighted by molar-refractivity contribution is 5.70. The van der Waals surface area contributed by atoms with Crippen LogP contribution in [0.3, 0.4) is 0 Å². The molecule has 1 N–H and O–H groups in total. The van der Waals surface area contributed by atoms with Crippen LogP contribution in [0, 0.1) is 5.92 Å². The average Bonchev–Trinajstić information content (AvgIpc) is 2.56. The Bertz CT molecular complexity index is 489. The summed E-state index contributed by atoms with van der Waals surface area (Å²) in [5.74, 6) is 0.0440. The van der Waals surface area contributed by atoms with Gasteiger partial charge in [0, 0.05) is 18.7 Å². The van der Waals surface area contributed by atoms with E-state index in [0.717, 1.165) is 50.3 Å². The molecule has 1 saturated heterocycles. The van der Waals surface area contributed by atoms with Gasteiger partial charge >= 0.3 is 5.97 Å². The van der Waals surface area contributed by atoms with Crippen molar-refractivity contribution in [1.82, 2.24) is 4.90 Å². The van der Waals surface area contributed by atoms with Gasteiger partial charge in [-0.05, 0) is 31.9 Å². The van der Waals surface area contributed by atoms with Crippen LogP contribution in [0.4, 0.5) is 0 Å². The summed E-state index contributed by atoms with van der Waals surface area (Å²) >= 11 is 0. The second-order valence-corrected chi connectivity index (χ2v) is 6.43. The Labute approximate surface area is 139 Å². The fraction of sp³-hybridized carbons (Fsp3) is 0.632. The molecule has 0 aliphatic carbocycles. The molecule has 0 bridgehead atoms. The predicted molar refractivity (Wildman–Crippen MR) is 91.7 cm³/mol. The van der Waals surface area contributed by atoms with Crippen molar-refractivity contribution in [1.29, 1.82) is 0 Å². The van der Waals surface area contributed by atoms with Crippen molar-refractivity contribution in [3.05, 3.63) is 29.8 Å². The topological polar surface area (TPSA) is 49.8 Å². The molecule has 1 fully saturated rings. The zero-order valence-electron chi connectivity index (χ0n) is 14.2. The molecule has 128 valence electrons. The molecule has 1 aliphatic heterocycles. The Morgan fingerprint density at radius 3 is 2.91 bits per heavy atom. The highest BCUT2D eigenvalue weighted by Crippen LogP contribution is 2.24. The van der Waals surface area contributed by atoms with E-state index in [4.69, 9.17) is 4.74 Å². The van der Waals surface area contributed by atoms with E-state index in [-0.39, 0.29) is 5.92 Å². The number of aliphatic carboxylic acids is 1. The van der Waals surface area contributed by atoms with E-state index in [1.54, 1.807) is 0 Å². The standard InChI is InChI=1S/C19H29NO3/c1-2-3-4-7-13-23-18-11-6-5-9-16(18)14-20-12-8-10-17(15-20)19(21)22/h5-6,9,11,17H,2-4,7-8,10,12-15H2,1H3,(H,21,22). The van der Waals surface area contributed by atoms with E-state index >= 15 is 0 Å². The summed E-state index contributed by atoms with van der Waals surface area (Å²) < 4.78 is 5.96. The van der Waals surface area contributed by atoms with E-state index in [1.807, 2.05) is 18.2 Å². The normalized spacial score (nSPS) is 18.7. The highest BCUT2D eigenvalue weighted by Gasteiger charge is 2.25. The first-order valence-electron chi connectivity index (χ1n) is 8.86. The molecule has 1 aliphatic rings. The van der Waals surface area contributed by atoms with Gasteiger partial charge in [0.15, 0.2) is 0 Å². The second kappa shape index (κ2) is 9.56. The van der Waals surface area contributed by atoms with E-state index in [1.165, 1.54) is 19.3 Å². The molecule has 1 heterocycles. The van der Waals surface area contributed by atoms with Gasteiger partial charge < -0.3 is 9.84 Å². The largest absolute Gasteiger partial charge is 0.493 e. The first-order chi connectivity index (χ1) is 11.2. The molecule has 0 saturated carbocycles. The molecule has 0 radical (unpaired) electrons. The maximum atomic E-state index is 11.2. The van der Waals surface area contributed by atoms with Gasteiger partial charge in [-0.1, -0.05) is 44.4 Å². The van der Waals surface area contributed by atoms with Crippen LogP contribution in [0.25, 0.3) is 0 Å². The minimum absolute atomic E-state index is 0.231. The third-order valence-electron chi connectivity index (χ3n) is 4.48. The summed E-state index contributed by atoms with van der Waals surface area (Å²) in [6, 6.07) is 8.14. The van der Waals surface area contributed by atoms with Crippen molar-refractivity contribution < 1.29 is 14.6 Å². The van der Waals surface area contributed by atoms with E-state index in [0.29, 0.717) is 6.54 Å². The lowest BCUT2D eigenvalue weighted by atomic mass is 9.98. The summed E-state index contributed by atoms with van der Waals surface area (Å²) in [5, 5.41) is 9.21. The third kappa shape index (κ3) is 5.87. The summed E-state index contributed by atoms with van der Waals surface area (Å²) in [5.41, 5.74) is 1.16. The van der Waals surface area contributed by atoms with Crippen LogP contribution in [0.5, 0.6) is 5.75 Å². The Hall–Kier alpha value is -1.55. The van der Waals surface area contributed by atoms with Gasteiger partial charge in [-0.2, -0.15) is 0 Å². The lowest BCUT2D eigenvalue weighted by Crippen LogP contribution is -2.38. The molecule has 1 aromatic carbocycles. The predicted octanol–water partition coefficient (Wildman–Crippen LogP) is 3.94. The minimum atomic E-state index is -0.671. The number of piperidine rings is 1. The van der Waals surface area contributed by atoms with Crippen LogP contribution in [0.2, 0.25) is 0 Å². The number of rotatable bonds is 9. The van der Waals surface area contributed by atoms with Crippen molar-refractivity contribution in [3.8, 4) is 5.75 Å². The number of hydrogen-bond acceptors (Lipinski definition) is 3. The summed E-state index contributed by atoms with van der Waals surface area (Å²) in [6.45, 7) is 5.34. The smallest absolute Gasteiger partial charge is 0.307 e. The summed E-state index contributed by atoms with van der Waals surface area (Å²) in [7, 11) is 0. The Morgan fingerprint density at radius 2 is 2.13 bits per heavy atom. The van der Waals surface area contributed by atoms with Crippen LogP contribution >= 0.6 is 0 Å². The number of nitrogens with zero attached hydrogens (tertiary/aromatic N) is 1. The maximum absolute atomic E-state index is 11.2. The van der Waals surface area contributed by atoms with Gasteiger partial charge in [0.2, 0.25) is 0 Å². The van der Waals surface area contributed by atoms with Gasteiger partial charge in [-0.15, -0.1) is 0 Å². The first kappa shape index (κ1) is 17.8. The van der Waals surface area contributed by atoms with Crippen LogP contribution in [0.15, 0.2) is 24.3 Å². The van der Waals surface area contributed by atoms with Gasteiger partial charge in [0.25, 0.3) is 0 Å². The summed E-state index contributed by atoms with van der Waals surface area (Å²) in [6.07, 6.45) is 6.54. The molecule has 1 unspecified atom stereocenters. The molecule has 0 amide bonds. The maximum Gasteiger partial charge on any atom is 0.307 e. The number of carboxylic acid groups (broad SMARTS) is 1. The number of benzene rings is 1. The minimum Gasteiger partial charge on any atom is -0.493 e. The van der Waals surface area contributed by atoms with Crippen molar-refractivity contribution in [3.63, 3.8) is 0 Å². The first-order valence-corrected chi connectivity index (χ1v) is 8.86. The zero-order valence-corrected chi connectivity index (χ0v) is 14.2. The fourth-order valence-electron chi connectivity index (χ4n) is 3.13. The van der Waals surface area contributed by atoms with Crippen molar-refractivity contribution in [2.24, 2.45) is 5.92 Å². The van der Waals surface area contributed by atoms with Crippen molar-refractivity contribution >= 4 is 5.97 Å².